The second-order valence-corrected chi connectivity index (χ2v) is 8.35. The molecular formula is C21H29N5O. The van der Waals surface area contributed by atoms with E-state index in [2.05, 4.69) is 34.4 Å². The minimum Gasteiger partial charge on any atom is -0.381 e. The molecule has 0 spiro atoms. The number of rotatable bonds is 6. The van der Waals surface area contributed by atoms with E-state index in [9.17, 15) is 0 Å². The Morgan fingerprint density at radius 1 is 1.15 bits per heavy atom. The van der Waals surface area contributed by atoms with Crippen molar-refractivity contribution < 1.29 is 4.74 Å². The summed E-state index contributed by atoms with van der Waals surface area (Å²) in [6.07, 6.45) is 9.12. The van der Waals surface area contributed by atoms with Crippen molar-refractivity contribution in [2.45, 2.75) is 56.5 Å². The first-order chi connectivity index (χ1) is 13.3. The van der Waals surface area contributed by atoms with Gasteiger partial charge in [0.05, 0.1) is 17.4 Å². The Labute approximate surface area is 160 Å². The Morgan fingerprint density at radius 2 is 1.96 bits per heavy atom. The van der Waals surface area contributed by atoms with Crippen LogP contribution < -0.4 is 11.1 Å². The van der Waals surface area contributed by atoms with Crippen LogP contribution in [0.1, 0.15) is 56.2 Å². The molecule has 27 heavy (non-hydrogen) atoms. The zero-order valence-electron chi connectivity index (χ0n) is 15.8. The van der Waals surface area contributed by atoms with Crippen LogP contribution in [0, 0.1) is 5.92 Å². The van der Waals surface area contributed by atoms with Gasteiger partial charge in [-0.15, -0.1) is 0 Å². The average Bonchev–Trinajstić information content (AvgIpc) is 3.42. The molecule has 5 rings (SSSR count). The van der Waals surface area contributed by atoms with Crippen LogP contribution in [-0.4, -0.2) is 40.6 Å². The number of pyridine rings is 1. The van der Waals surface area contributed by atoms with Crippen molar-refractivity contribution in [3.8, 4) is 11.3 Å². The molecule has 3 fully saturated rings. The van der Waals surface area contributed by atoms with E-state index in [0.717, 1.165) is 57.0 Å². The van der Waals surface area contributed by atoms with Crippen LogP contribution in [0.4, 0.5) is 5.82 Å². The third-order valence-corrected chi connectivity index (χ3v) is 6.24. The van der Waals surface area contributed by atoms with Crippen molar-refractivity contribution in [2.75, 3.05) is 25.1 Å². The van der Waals surface area contributed by atoms with E-state index in [1.807, 2.05) is 0 Å². The van der Waals surface area contributed by atoms with Crippen LogP contribution in [0.5, 0.6) is 0 Å². The summed E-state index contributed by atoms with van der Waals surface area (Å²) in [6, 6.07) is 7.25. The minimum atomic E-state index is 0.454. The highest BCUT2D eigenvalue weighted by Gasteiger charge is 2.34. The third-order valence-electron chi connectivity index (χ3n) is 6.24. The fourth-order valence-electron chi connectivity index (χ4n) is 4.27. The normalized spacial score (nSPS) is 26.0. The molecule has 6 heteroatoms. The first kappa shape index (κ1) is 17.2. The molecule has 2 saturated carbocycles. The zero-order valence-corrected chi connectivity index (χ0v) is 15.8. The number of nitrogens with one attached hydrogen (secondary N) is 1. The highest BCUT2D eigenvalue weighted by molar-refractivity contribution is 5.64. The van der Waals surface area contributed by atoms with Gasteiger partial charge in [0.15, 0.2) is 0 Å². The number of nitrogens with two attached hydrogens (primary N) is 1. The molecule has 0 atom stereocenters. The maximum atomic E-state index is 5.80. The summed E-state index contributed by atoms with van der Waals surface area (Å²) >= 11 is 0. The summed E-state index contributed by atoms with van der Waals surface area (Å²) in [4.78, 5) is 4.93. The van der Waals surface area contributed by atoms with E-state index in [1.54, 1.807) is 0 Å². The van der Waals surface area contributed by atoms with Gasteiger partial charge in [-0.3, -0.25) is 4.68 Å². The molecular weight excluding hydrogens is 338 g/mol. The van der Waals surface area contributed by atoms with Gasteiger partial charge in [0.2, 0.25) is 0 Å². The topological polar surface area (TPSA) is 78.0 Å². The van der Waals surface area contributed by atoms with E-state index < -0.39 is 0 Å². The first-order valence-corrected chi connectivity index (χ1v) is 10.4. The highest BCUT2D eigenvalue weighted by atomic mass is 16.5. The van der Waals surface area contributed by atoms with Crippen molar-refractivity contribution in [2.24, 2.45) is 11.7 Å². The van der Waals surface area contributed by atoms with Gasteiger partial charge in [-0.25, -0.2) is 4.98 Å². The fraction of sp³-hybridized carbons (Fsp3) is 0.619. The highest BCUT2D eigenvalue weighted by Crippen LogP contribution is 2.45. The number of nitrogens with zero attached hydrogens (tertiary/aromatic N) is 3. The molecule has 0 bridgehead atoms. The lowest BCUT2D eigenvalue weighted by atomic mass is 9.80. The largest absolute Gasteiger partial charge is 0.381 e. The molecule has 6 nitrogen and oxygen atoms in total. The molecule has 0 unspecified atom stereocenters. The van der Waals surface area contributed by atoms with Crippen molar-refractivity contribution in [1.82, 2.24) is 14.8 Å². The van der Waals surface area contributed by atoms with E-state index >= 15 is 0 Å². The molecule has 3 N–H and O–H groups in total. The maximum absolute atomic E-state index is 5.80. The number of aromatic nitrogens is 3. The zero-order chi connectivity index (χ0) is 18.2. The van der Waals surface area contributed by atoms with Crippen LogP contribution in [-0.2, 0) is 4.74 Å². The van der Waals surface area contributed by atoms with Gasteiger partial charge >= 0.3 is 0 Å². The van der Waals surface area contributed by atoms with E-state index in [1.165, 1.54) is 24.1 Å². The monoisotopic (exact) mass is 367 g/mol. The molecule has 3 aliphatic rings. The van der Waals surface area contributed by atoms with Crippen LogP contribution in [0.25, 0.3) is 11.3 Å². The lowest BCUT2D eigenvalue weighted by Crippen LogP contribution is -2.32. The average molecular weight is 367 g/mol. The predicted molar refractivity (Wildman–Crippen MR) is 106 cm³/mol. The summed E-state index contributed by atoms with van der Waals surface area (Å²) in [5.41, 5.74) is 9.28. The van der Waals surface area contributed by atoms with Crippen LogP contribution >= 0.6 is 0 Å². The summed E-state index contributed by atoms with van der Waals surface area (Å²) in [5.74, 6) is 2.23. The third kappa shape index (κ3) is 3.60. The SMILES string of the molecule is NCC1CC(n2cc(-c3cccc(NC4CCOCC4)n3)c(C3CC3)n2)C1. The Kier molecular flexibility index (Phi) is 4.61. The quantitative estimate of drug-likeness (QED) is 0.819. The molecule has 2 aliphatic carbocycles. The predicted octanol–water partition coefficient (Wildman–Crippen LogP) is 3.32. The maximum Gasteiger partial charge on any atom is 0.126 e. The van der Waals surface area contributed by atoms with Crippen molar-refractivity contribution in [1.29, 1.82) is 0 Å². The molecule has 1 aliphatic heterocycles. The van der Waals surface area contributed by atoms with Gasteiger partial charge in [-0.1, -0.05) is 6.07 Å². The standard InChI is InChI=1S/C21H29N5O/c22-12-14-10-17(11-14)26-13-18(21(25-26)15-4-5-15)19-2-1-3-20(24-19)23-16-6-8-27-9-7-16/h1-3,13-17H,4-12,22H2,(H,23,24). The van der Waals surface area contributed by atoms with Gasteiger partial charge < -0.3 is 15.8 Å². The van der Waals surface area contributed by atoms with Crippen molar-refractivity contribution in [3.05, 3.63) is 30.1 Å². The minimum absolute atomic E-state index is 0.454. The van der Waals surface area contributed by atoms with E-state index in [4.69, 9.17) is 20.6 Å². The lowest BCUT2D eigenvalue weighted by Gasteiger charge is -2.34. The van der Waals surface area contributed by atoms with Gasteiger partial charge in [-0.05, 0) is 63.1 Å². The second kappa shape index (κ2) is 7.24. The first-order valence-electron chi connectivity index (χ1n) is 10.4. The van der Waals surface area contributed by atoms with Crippen molar-refractivity contribution >= 4 is 5.82 Å². The van der Waals surface area contributed by atoms with Crippen LogP contribution in [0.2, 0.25) is 0 Å². The molecule has 1 saturated heterocycles. The Morgan fingerprint density at radius 3 is 2.70 bits per heavy atom. The summed E-state index contributed by atoms with van der Waals surface area (Å²) in [5, 5.41) is 8.57. The van der Waals surface area contributed by atoms with Gasteiger partial charge in [0, 0.05) is 36.9 Å². The number of hydrogen-bond acceptors (Lipinski definition) is 5. The second-order valence-electron chi connectivity index (χ2n) is 8.35. The van der Waals surface area contributed by atoms with E-state index in [-0.39, 0.29) is 0 Å². The van der Waals surface area contributed by atoms with Gasteiger partial charge in [0.25, 0.3) is 0 Å². The molecule has 2 aromatic rings. The molecule has 2 aromatic heterocycles. The smallest absolute Gasteiger partial charge is 0.126 e. The lowest BCUT2D eigenvalue weighted by molar-refractivity contribution is 0.0904. The molecule has 0 amide bonds. The van der Waals surface area contributed by atoms with Crippen LogP contribution in [0.3, 0.4) is 0 Å². The Bertz CT molecular complexity index is 788. The Hall–Kier alpha value is -1.92. The van der Waals surface area contributed by atoms with E-state index in [0.29, 0.717) is 23.9 Å². The molecule has 3 heterocycles. The van der Waals surface area contributed by atoms with Crippen molar-refractivity contribution in [3.63, 3.8) is 0 Å². The number of hydrogen-bond donors (Lipinski definition) is 2. The fourth-order valence-corrected chi connectivity index (χ4v) is 4.27. The Balaban J connectivity index is 1.38. The number of ether oxygens (including phenoxy) is 1. The molecule has 0 radical (unpaired) electrons. The molecule has 0 aromatic carbocycles. The summed E-state index contributed by atoms with van der Waals surface area (Å²) in [7, 11) is 0. The van der Waals surface area contributed by atoms with Crippen LogP contribution in [0.15, 0.2) is 24.4 Å². The number of anilines is 1. The van der Waals surface area contributed by atoms with Gasteiger partial charge in [-0.2, -0.15) is 5.10 Å². The molecule has 144 valence electrons. The summed E-state index contributed by atoms with van der Waals surface area (Å²) < 4.78 is 7.65. The van der Waals surface area contributed by atoms with Gasteiger partial charge in [0.1, 0.15) is 5.82 Å². The summed E-state index contributed by atoms with van der Waals surface area (Å²) in [6.45, 7) is 2.46.